The van der Waals surface area contributed by atoms with Crippen molar-refractivity contribution in [1.82, 2.24) is 24.6 Å². The number of nitrogens with zero attached hydrogens (tertiary/aromatic N) is 5. The second-order valence-electron chi connectivity index (χ2n) is 4.60. The van der Waals surface area contributed by atoms with Crippen molar-refractivity contribution < 1.29 is 9.15 Å². The van der Waals surface area contributed by atoms with Gasteiger partial charge in [0.05, 0.1) is 12.8 Å². The Morgan fingerprint density at radius 1 is 1.14 bits per heavy atom. The number of aryl methyl sites for hydroxylation is 1. The van der Waals surface area contributed by atoms with Gasteiger partial charge in [0.2, 0.25) is 5.89 Å². The van der Waals surface area contributed by atoms with Crippen LogP contribution in [-0.2, 0) is 0 Å². The van der Waals surface area contributed by atoms with Crippen molar-refractivity contribution >= 4 is 17.0 Å². The van der Waals surface area contributed by atoms with E-state index in [4.69, 9.17) is 9.15 Å². The lowest BCUT2D eigenvalue weighted by molar-refractivity contribution is 0.415. The minimum atomic E-state index is 0.457. The molecule has 0 saturated carbocycles. The van der Waals surface area contributed by atoms with Crippen LogP contribution in [-0.4, -0.2) is 31.7 Å². The molecule has 7 nitrogen and oxygen atoms in total. The van der Waals surface area contributed by atoms with Crippen LogP contribution >= 0.6 is 0 Å². The van der Waals surface area contributed by atoms with Crippen molar-refractivity contribution in [3.63, 3.8) is 0 Å². The Bertz CT molecular complexity index is 939. The Hall–Kier alpha value is -2.96. The molecule has 0 atom stereocenters. The van der Waals surface area contributed by atoms with Crippen LogP contribution in [0.3, 0.4) is 0 Å². The predicted molar refractivity (Wildman–Crippen MR) is 75.1 cm³/mol. The van der Waals surface area contributed by atoms with Gasteiger partial charge in [0.1, 0.15) is 17.6 Å². The second kappa shape index (κ2) is 4.27. The fraction of sp³-hybridized carbons (Fsp3) is 0.143. The average Bonchev–Trinajstić information content (AvgIpc) is 3.14. The lowest BCUT2D eigenvalue weighted by Gasteiger charge is -1.99. The van der Waals surface area contributed by atoms with E-state index >= 15 is 0 Å². The van der Waals surface area contributed by atoms with Gasteiger partial charge < -0.3 is 9.15 Å². The highest BCUT2D eigenvalue weighted by molar-refractivity contribution is 5.76. The van der Waals surface area contributed by atoms with Crippen LogP contribution in [0.25, 0.3) is 28.5 Å². The summed E-state index contributed by atoms with van der Waals surface area (Å²) >= 11 is 0. The van der Waals surface area contributed by atoms with Crippen molar-refractivity contribution in [2.24, 2.45) is 0 Å². The summed E-state index contributed by atoms with van der Waals surface area (Å²) in [6, 6.07) is 7.51. The van der Waals surface area contributed by atoms with E-state index in [0.717, 1.165) is 17.0 Å². The van der Waals surface area contributed by atoms with Gasteiger partial charge in [-0.3, -0.25) is 4.40 Å². The summed E-state index contributed by atoms with van der Waals surface area (Å²) in [6.07, 6.45) is 1.61. The van der Waals surface area contributed by atoms with Gasteiger partial charge in [-0.1, -0.05) is 0 Å². The van der Waals surface area contributed by atoms with Crippen molar-refractivity contribution in [3.05, 3.63) is 36.3 Å². The first-order valence-electron chi connectivity index (χ1n) is 6.37. The summed E-state index contributed by atoms with van der Waals surface area (Å²) in [4.78, 5) is 8.84. The molecule has 0 fully saturated rings. The predicted octanol–water partition coefficient (Wildman–Crippen LogP) is 2.25. The monoisotopic (exact) mass is 281 g/mol. The number of rotatable bonds is 2. The van der Waals surface area contributed by atoms with Gasteiger partial charge >= 0.3 is 0 Å². The van der Waals surface area contributed by atoms with Crippen molar-refractivity contribution in [2.75, 3.05) is 7.11 Å². The Morgan fingerprint density at radius 3 is 2.71 bits per heavy atom. The van der Waals surface area contributed by atoms with Crippen LogP contribution in [0.1, 0.15) is 5.69 Å². The lowest BCUT2D eigenvalue weighted by Crippen LogP contribution is -1.94. The van der Waals surface area contributed by atoms with Gasteiger partial charge in [-0.15, -0.1) is 10.2 Å². The molecule has 4 rings (SSSR count). The van der Waals surface area contributed by atoms with Gasteiger partial charge in [-0.25, -0.2) is 4.98 Å². The van der Waals surface area contributed by atoms with Gasteiger partial charge in [-0.2, -0.15) is 4.98 Å². The fourth-order valence-corrected chi connectivity index (χ4v) is 2.23. The molecule has 0 aliphatic heterocycles. The Balaban J connectivity index is 1.91. The number of methoxy groups -OCH3 is 1. The second-order valence-corrected chi connectivity index (χ2v) is 4.60. The quantitative estimate of drug-likeness (QED) is 0.560. The number of hydrogen-bond donors (Lipinski definition) is 0. The van der Waals surface area contributed by atoms with E-state index in [1.54, 1.807) is 17.8 Å². The summed E-state index contributed by atoms with van der Waals surface area (Å²) in [5, 5.41) is 7.76. The molecule has 21 heavy (non-hydrogen) atoms. The van der Waals surface area contributed by atoms with Crippen LogP contribution in [0, 0.1) is 6.92 Å². The van der Waals surface area contributed by atoms with Crippen molar-refractivity contribution in [2.45, 2.75) is 6.92 Å². The zero-order valence-electron chi connectivity index (χ0n) is 11.4. The zero-order valence-corrected chi connectivity index (χ0v) is 11.4. The smallest absolute Gasteiger partial charge is 0.258 e. The van der Waals surface area contributed by atoms with E-state index in [9.17, 15) is 0 Å². The highest BCUT2D eigenvalue weighted by atomic mass is 16.5. The molecule has 0 spiro atoms. The maximum Gasteiger partial charge on any atom is 0.258 e. The number of oxazole rings is 1. The van der Waals surface area contributed by atoms with E-state index in [-0.39, 0.29) is 0 Å². The van der Waals surface area contributed by atoms with Crippen molar-refractivity contribution in [3.8, 4) is 17.2 Å². The minimum absolute atomic E-state index is 0.457. The standard InChI is InChI=1S/C14H11N5O2/c1-8-11-13(17-14-18-15-7-19(8)14)21-12(16-11)9-3-5-10(20-2)6-4-9/h3-7H,1-2H3. The Kier molecular flexibility index (Phi) is 2.41. The largest absolute Gasteiger partial charge is 0.497 e. The topological polar surface area (TPSA) is 78.3 Å². The number of ether oxygens (including phenoxy) is 1. The summed E-state index contributed by atoms with van der Waals surface area (Å²) < 4.78 is 12.7. The molecule has 0 saturated heterocycles. The lowest BCUT2D eigenvalue weighted by atomic mass is 10.2. The molecule has 0 unspecified atom stereocenters. The molecule has 0 aliphatic rings. The molecule has 0 amide bonds. The van der Waals surface area contributed by atoms with E-state index in [2.05, 4.69) is 20.2 Å². The van der Waals surface area contributed by atoms with Crippen LogP contribution in [0.5, 0.6) is 5.75 Å². The summed E-state index contributed by atoms with van der Waals surface area (Å²) in [6.45, 7) is 1.93. The number of hydrogen-bond acceptors (Lipinski definition) is 6. The third-order valence-electron chi connectivity index (χ3n) is 3.38. The van der Waals surface area contributed by atoms with Gasteiger partial charge in [0.25, 0.3) is 11.5 Å². The van der Waals surface area contributed by atoms with Crippen LogP contribution in [0.15, 0.2) is 35.0 Å². The molecule has 104 valence electrons. The first-order valence-corrected chi connectivity index (χ1v) is 6.37. The van der Waals surface area contributed by atoms with Crippen LogP contribution < -0.4 is 4.74 Å². The van der Waals surface area contributed by atoms with Crippen LogP contribution in [0.4, 0.5) is 0 Å². The average molecular weight is 281 g/mol. The van der Waals surface area contributed by atoms with E-state index in [1.807, 2.05) is 31.2 Å². The van der Waals surface area contributed by atoms with E-state index in [0.29, 0.717) is 22.9 Å². The summed E-state index contributed by atoms with van der Waals surface area (Å²) in [7, 11) is 1.63. The van der Waals surface area contributed by atoms with E-state index in [1.165, 1.54) is 0 Å². The number of fused-ring (bicyclic) bond motifs is 2. The molecule has 7 heteroatoms. The molecule has 0 bridgehead atoms. The first kappa shape index (κ1) is 11.8. The molecule has 0 aliphatic carbocycles. The number of benzene rings is 1. The molecular formula is C14H11N5O2. The van der Waals surface area contributed by atoms with E-state index < -0.39 is 0 Å². The Morgan fingerprint density at radius 2 is 1.95 bits per heavy atom. The highest BCUT2D eigenvalue weighted by Gasteiger charge is 2.15. The summed E-state index contributed by atoms with van der Waals surface area (Å²) in [5.74, 6) is 1.80. The van der Waals surface area contributed by atoms with Crippen molar-refractivity contribution in [1.29, 1.82) is 0 Å². The molecule has 0 radical (unpaired) electrons. The molecule has 3 aromatic heterocycles. The molecule has 0 N–H and O–H groups in total. The molecule has 4 aromatic rings. The van der Waals surface area contributed by atoms with Gasteiger partial charge in [-0.05, 0) is 31.2 Å². The SMILES string of the molecule is COc1ccc(-c2nc3c(C)n4cnnc4nc3o2)cc1. The number of aromatic nitrogens is 5. The molecule has 1 aromatic carbocycles. The summed E-state index contributed by atoms with van der Waals surface area (Å²) in [5.41, 5.74) is 2.92. The fourth-order valence-electron chi connectivity index (χ4n) is 2.23. The zero-order chi connectivity index (χ0) is 14.4. The third kappa shape index (κ3) is 1.74. The molecule has 3 heterocycles. The van der Waals surface area contributed by atoms with Crippen LogP contribution in [0.2, 0.25) is 0 Å². The maximum atomic E-state index is 5.74. The minimum Gasteiger partial charge on any atom is -0.497 e. The first-order chi connectivity index (χ1) is 10.3. The third-order valence-corrected chi connectivity index (χ3v) is 3.38. The Labute approximate surface area is 119 Å². The normalized spacial score (nSPS) is 11.3. The van der Waals surface area contributed by atoms with Gasteiger partial charge in [0, 0.05) is 5.56 Å². The highest BCUT2D eigenvalue weighted by Crippen LogP contribution is 2.26. The van der Waals surface area contributed by atoms with Gasteiger partial charge in [0.15, 0.2) is 0 Å². The maximum absolute atomic E-state index is 5.74. The molecular weight excluding hydrogens is 270 g/mol.